The second-order valence-electron chi connectivity index (χ2n) is 5.45. The van der Waals surface area contributed by atoms with Crippen molar-refractivity contribution in [3.63, 3.8) is 0 Å². The van der Waals surface area contributed by atoms with E-state index in [1.165, 1.54) is 0 Å². The van der Waals surface area contributed by atoms with Crippen molar-refractivity contribution in [3.05, 3.63) is 28.2 Å². The van der Waals surface area contributed by atoms with Crippen molar-refractivity contribution in [1.29, 1.82) is 0 Å². The molecule has 2 saturated heterocycles. The molecule has 1 amide bonds. The summed E-state index contributed by atoms with van der Waals surface area (Å²) in [4.78, 5) is 14.2. The molecule has 22 heavy (non-hydrogen) atoms. The Balaban J connectivity index is 1.55. The number of morpholine rings is 1. The van der Waals surface area contributed by atoms with Gasteiger partial charge in [0.15, 0.2) is 0 Å². The molecule has 2 atom stereocenters. The third-order valence-electron chi connectivity index (χ3n) is 3.85. The molecule has 0 saturated carbocycles. The largest absolute Gasteiger partial charge is 0.488 e. The Labute approximate surface area is 139 Å². The number of carbonyl (C=O) groups excluding carboxylic acids is 1. The Kier molecular flexibility index (Phi) is 5.08. The summed E-state index contributed by atoms with van der Waals surface area (Å²) in [5.41, 5.74) is 0. The van der Waals surface area contributed by atoms with Crippen molar-refractivity contribution in [2.75, 3.05) is 32.8 Å². The van der Waals surface area contributed by atoms with Crippen molar-refractivity contribution in [2.24, 2.45) is 0 Å². The maximum Gasteiger partial charge on any atom is 0.253 e. The summed E-state index contributed by atoms with van der Waals surface area (Å²) in [7, 11) is 0. The Morgan fingerprint density at radius 3 is 2.95 bits per heavy atom. The van der Waals surface area contributed by atoms with Crippen LogP contribution in [0.3, 0.4) is 0 Å². The fourth-order valence-corrected chi connectivity index (χ4v) is 2.98. The molecule has 2 fully saturated rings. The first-order chi connectivity index (χ1) is 10.6. The molecule has 1 N–H and O–H groups in total. The summed E-state index contributed by atoms with van der Waals surface area (Å²) >= 11 is 11.9. The number of benzene rings is 1. The van der Waals surface area contributed by atoms with Crippen molar-refractivity contribution < 1.29 is 14.3 Å². The minimum absolute atomic E-state index is 0.0299. The van der Waals surface area contributed by atoms with Crippen LogP contribution in [-0.4, -0.2) is 55.8 Å². The van der Waals surface area contributed by atoms with Gasteiger partial charge in [0.1, 0.15) is 18.0 Å². The Bertz CT molecular complexity index is 550. The van der Waals surface area contributed by atoms with E-state index in [-0.39, 0.29) is 18.1 Å². The van der Waals surface area contributed by atoms with Crippen LogP contribution in [0.1, 0.15) is 6.42 Å². The Morgan fingerprint density at radius 2 is 2.23 bits per heavy atom. The third-order valence-corrected chi connectivity index (χ3v) is 4.59. The maximum atomic E-state index is 12.4. The van der Waals surface area contributed by atoms with E-state index < -0.39 is 0 Å². The van der Waals surface area contributed by atoms with E-state index in [0.29, 0.717) is 42.0 Å². The quantitative estimate of drug-likeness (QED) is 0.910. The van der Waals surface area contributed by atoms with Gasteiger partial charge in [-0.1, -0.05) is 23.2 Å². The van der Waals surface area contributed by atoms with Crippen LogP contribution in [-0.2, 0) is 9.53 Å². The molecule has 120 valence electrons. The number of nitrogens with zero attached hydrogens (tertiary/aromatic N) is 1. The zero-order valence-corrected chi connectivity index (χ0v) is 13.6. The van der Waals surface area contributed by atoms with E-state index in [9.17, 15) is 4.79 Å². The van der Waals surface area contributed by atoms with Crippen LogP contribution in [0, 0.1) is 0 Å². The normalized spacial score (nSPS) is 25.3. The Hall–Kier alpha value is -1.01. The number of nitrogens with one attached hydrogen (secondary N) is 1. The molecule has 2 aliphatic rings. The fourth-order valence-electron chi connectivity index (χ4n) is 2.69. The molecule has 1 aromatic rings. The fraction of sp³-hybridized carbons (Fsp3) is 0.533. The van der Waals surface area contributed by atoms with Gasteiger partial charge in [0.25, 0.3) is 5.91 Å². The molecule has 3 rings (SSSR count). The highest BCUT2D eigenvalue weighted by molar-refractivity contribution is 6.42. The first kappa shape index (κ1) is 15.9. The van der Waals surface area contributed by atoms with Crippen molar-refractivity contribution in [1.82, 2.24) is 10.2 Å². The van der Waals surface area contributed by atoms with Gasteiger partial charge in [-0.05, 0) is 12.1 Å². The van der Waals surface area contributed by atoms with E-state index in [2.05, 4.69) is 5.32 Å². The number of halogens is 2. The third kappa shape index (κ3) is 3.66. The van der Waals surface area contributed by atoms with Gasteiger partial charge in [0.05, 0.1) is 23.2 Å². The van der Waals surface area contributed by atoms with Crippen LogP contribution in [0.15, 0.2) is 18.2 Å². The lowest BCUT2D eigenvalue weighted by molar-refractivity contribution is -0.144. The standard InChI is InChI=1S/C15H18Cl2N2O3/c16-12-2-1-10(7-13(12)17)22-11-3-5-19(9-11)15(20)14-8-18-4-6-21-14/h1-2,7,11,14,18H,3-6,8-9H2. The second kappa shape index (κ2) is 7.04. The lowest BCUT2D eigenvalue weighted by Gasteiger charge is -2.27. The van der Waals surface area contributed by atoms with Crippen LogP contribution >= 0.6 is 23.2 Å². The first-order valence-corrected chi connectivity index (χ1v) is 8.12. The summed E-state index contributed by atoms with van der Waals surface area (Å²) in [6.07, 6.45) is 0.391. The van der Waals surface area contributed by atoms with Gasteiger partial charge < -0.3 is 19.7 Å². The average Bonchev–Trinajstić information content (AvgIpc) is 2.99. The summed E-state index contributed by atoms with van der Waals surface area (Å²) < 4.78 is 11.4. The minimum atomic E-state index is -0.377. The number of carbonyl (C=O) groups is 1. The van der Waals surface area contributed by atoms with Gasteiger partial charge in [-0.25, -0.2) is 0 Å². The van der Waals surface area contributed by atoms with Crippen LogP contribution in [0.25, 0.3) is 0 Å². The topological polar surface area (TPSA) is 50.8 Å². The molecule has 0 aliphatic carbocycles. The highest BCUT2D eigenvalue weighted by atomic mass is 35.5. The second-order valence-corrected chi connectivity index (χ2v) is 6.27. The predicted octanol–water partition coefficient (Wildman–Crippen LogP) is 1.96. The number of rotatable bonds is 3. The van der Waals surface area contributed by atoms with Gasteiger partial charge in [-0.15, -0.1) is 0 Å². The number of likely N-dealkylation sites (tertiary alicyclic amines) is 1. The van der Waals surface area contributed by atoms with Gasteiger partial charge in [-0.2, -0.15) is 0 Å². The molecular formula is C15H18Cl2N2O3. The molecule has 0 spiro atoms. The summed E-state index contributed by atoms with van der Waals surface area (Å²) in [6.45, 7) is 3.21. The van der Waals surface area contributed by atoms with E-state index in [1.54, 1.807) is 23.1 Å². The monoisotopic (exact) mass is 344 g/mol. The number of amides is 1. The molecule has 5 nitrogen and oxygen atoms in total. The molecule has 1 aromatic carbocycles. The zero-order chi connectivity index (χ0) is 15.5. The number of ether oxygens (including phenoxy) is 2. The summed E-state index contributed by atoms with van der Waals surface area (Å²) in [5.74, 6) is 0.705. The van der Waals surface area contributed by atoms with E-state index in [4.69, 9.17) is 32.7 Å². The first-order valence-electron chi connectivity index (χ1n) is 7.36. The van der Waals surface area contributed by atoms with Crippen LogP contribution in [0.5, 0.6) is 5.75 Å². The maximum absolute atomic E-state index is 12.4. The smallest absolute Gasteiger partial charge is 0.253 e. The number of hydrogen-bond acceptors (Lipinski definition) is 4. The summed E-state index contributed by atoms with van der Waals surface area (Å²) in [6, 6.07) is 5.19. The molecule has 0 bridgehead atoms. The number of hydrogen-bond donors (Lipinski definition) is 1. The van der Waals surface area contributed by atoms with E-state index >= 15 is 0 Å². The van der Waals surface area contributed by atoms with E-state index in [0.717, 1.165) is 13.0 Å². The van der Waals surface area contributed by atoms with Crippen molar-refractivity contribution in [2.45, 2.75) is 18.6 Å². The van der Waals surface area contributed by atoms with Crippen molar-refractivity contribution in [3.8, 4) is 5.75 Å². The molecular weight excluding hydrogens is 327 g/mol. The van der Waals surface area contributed by atoms with Crippen LogP contribution < -0.4 is 10.1 Å². The van der Waals surface area contributed by atoms with Gasteiger partial charge in [0.2, 0.25) is 0 Å². The van der Waals surface area contributed by atoms with Gasteiger partial charge in [0, 0.05) is 32.1 Å². The minimum Gasteiger partial charge on any atom is -0.488 e. The van der Waals surface area contributed by atoms with E-state index in [1.807, 2.05) is 0 Å². The molecule has 0 aromatic heterocycles. The summed E-state index contributed by atoms with van der Waals surface area (Å²) in [5, 5.41) is 4.13. The average molecular weight is 345 g/mol. The SMILES string of the molecule is O=C(C1CNCCO1)N1CCC(Oc2ccc(Cl)c(Cl)c2)C1. The molecule has 7 heteroatoms. The van der Waals surface area contributed by atoms with Gasteiger partial charge in [-0.3, -0.25) is 4.79 Å². The molecule has 0 radical (unpaired) electrons. The lowest BCUT2D eigenvalue weighted by atomic mass is 10.2. The zero-order valence-electron chi connectivity index (χ0n) is 12.1. The molecule has 2 unspecified atom stereocenters. The Morgan fingerprint density at radius 1 is 1.36 bits per heavy atom. The molecule has 2 heterocycles. The lowest BCUT2D eigenvalue weighted by Crippen LogP contribution is -2.49. The van der Waals surface area contributed by atoms with Crippen LogP contribution in [0.2, 0.25) is 10.0 Å². The predicted molar refractivity (Wildman–Crippen MR) is 84.7 cm³/mol. The highest BCUT2D eigenvalue weighted by Crippen LogP contribution is 2.28. The van der Waals surface area contributed by atoms with Crippen molar-refractivity contribution >= 4 is 29.1 Å². The highest BCUT2D eigenvalue weighted by Gasteiger charge is 2.33. The molecule has 2 aliphatic heterocycles. The van der Waals surface area contributed by atoms with Gasteiger partial charge >= 0.3 is 0 Å². The van der Waals surface area contributed by atoms with Crippen LogP contribution in [0.4, 0.5) is 0 Å².